The van der Waals surface area contributed by atoms with Gasteiger partial charge in [-0.05, 0) is 30.7 Å². The molecule has 0 saturated heterocycles. The Balaban J connectivity index is 2.58. The van der Waals surface area contributed by atoms with Crippen LogP contribution in [0.25, 0.3) is 0 Å². The molecule has 0 aliphatic carbocycles. The SMILES string of the molecule is CCCCSc1cc(N)cc(OCCC)c1. The summed E-state index contributed by atoms with van der Waals surface area (Å²) >= 11 is 1.85. The molecule has 0 fully saturated rings. The molecular weight excluding hydrogens is 218 g/mol. The Hall–Kier alpha value is -0.830. The van der Waals surface area contributed by atoms with Crippen LogP contribution >= 0.6 is 11.8 Å². The number of hydrogen-bond donors (Lipinski definition) is 1. The van der Waals surface area contributed by atoms with Crippen molar-refractivity contribution >= 4 is 17.4 Å². The van der Waals surface area contributed by atoms with Gasteiger partial charge in [-0.15, -0.1) is 11.8 Å². The highest BCUT2D eigenvalue weighted by atomic mass is 32.2. The monoisotopic (exact) mass is 239 g/mol. The number of thioether (sulfide) groups is 1. The smallest absolute Gasteiger partial charge is 0.122 e. The van der Waals surface area contributed by atoms with E-state index in [1.54, 1.807) is 0 Å². The molecule has 0 aliphatic rings. The fourth-order valence-electron chi connectivity index (χ4n) is 1.31. The van der Waals surface area contributed by atoms with E-state index < -0.39 is 0 Å². The predicted octanol–water partition coefficient (Wildman–Crippen LogP) is 3.95. The molecule has 2 nitrogen and oxygen atoms in total. The van der Waals surface area contributed by atoms with Gasteiger partial charge < -0.3 is 10.5 Å². The van der Waals surface area contributed by atoms with Gasteiger partial charge in [0.1, 0.15) is 5.75 Å². The van der Waals surface area contributed by atoms with Crippen molar-refractivity contribution in [2.75, 3.05) is 18.1 Å². The van der Waals surface area contributed by atoms with Crippen LogP contribution in [-0.4, -0.2) is 12.4 Å². The Morgan fingerprint density at radius 1 is 1.19 bits per heavy atom. The third-order valence-electron chi connectivity index (χ3n) is 2.14. The minimum atomic E-state index is 0.752. The highest BCUT2D eigenvalue weighted by Gasteiger charge is 2.00. The zero-order chi connectivity index (χ0) is 11.8. The zero-order valence-electron chi connectivity index (χ0n) is 10.2. The topological polar surface area (TPSA) is 35.2 Å². The number of anilines is 1. The molecule has 0 radical (unpaired) electrons. The minimum Gasteiger partial charge on any atom is -0.493 e. The molecule has 16 heavy (non-hydrogen) atoms. The van der Waals surface area contributed by atoms with E-state index in [1.807, 2.05) is 23.9 Å². The summed E-state index contributed by atoms with van der Waals surface area (Å²) < 4.78 is 5.59. The fourth-order valence-corrected chi connectivity index (χ4v) is 2.40. The van der Waals surface area contributed by atoms with Crippen molar-refractivity contribution in [3.63, 3.8) is 0 Å². The summed E-state index contributed by atoms with van der Waals surface area (Å²) in [6.07, 6.45) is 3.49. The normalized spacial score (nSPS) is 10.4. The molecule has 0 saturated carbocycles. The lowest BCUT2D eigenvalue weighted by atomic mass is 10.3. The number of nitrogen functional groups attached to an aromatic ring is 1. The van der Waals surface area contributed by atoms with E-state index in [1.165, 1.54) is 17.7 Å². The molecule has 0 heterocycles. The molecule has 1 aromatic carbocycles. The molecule has 0 spiro atoms. The fraction of sp³-hybridized carbons (Fsp3) is 0.538. The van der Waals surface area contributed by atoms with E-state index in [-0.39, 0.29) is 0 Å². The van der Waals surface area contributed by atoms with Gasteiger partial charge in [0.15, 0.2) is 0 Å². The summed E-state index contributed by atoms with van der Waals surface area (Å²) in [4.78, 5) is 1.21. The van der Waals surface area contributed by atoms with Crippen LogP contribution in [0.3, 0.4) is 0 Å². The Morgan fingerprint density at radius 3 is 2.69 bits per heavy atom. The van der Waals surface area contributed by atoms with Crippen molar-refractivity contribution in [3.8, 4) is 5.75 Å². The first-order chi connectivity index (χ1) is 7.76. The van der Waals surface area contributed by atoms with Crippen molar-refractivity contribution in [2.24, 2.45) is 0 Å². The second-order valence-electron chi connectivity index (χ2n) is 3.79. The summed E-state index contributed by atoms with van der Waals surface area (Å²) in [6.45, 7) is 5.06. The van der Waals surface area contributed by atoms with Crippen LogP contribution in [0.1, 0.15) is 33.1 Å². The lowest BCUT2D eigenvalue weighted by Gasteiger charge is -2.08. The van der Waals surface area contributed by atoms with Gasteiger partial charge >= 0.3 is 0 Å². The third kappa shape index (κ3) is 4.79. The standard InChI is InChI=1S/C13H21NOS/c1-3-5-7-16-13-9-11(14)8-12(10-13)15-6-4-2/h8-10H,3-7,14H2,1-2H3. The van der Waals surface area contributed by atoms with E-state index in [2.05, 4.69) is 19.9 Å². The van der Waals surface area contributed by atoms with Crippen LogP contribution < -0.4 is 10.5 Å². The maximum Gasteiger partial charge on any atom is 0.122 e. The number of benzene rings is 1. The second-order valence-corrected chi connectivity index (χ2v) is 4.96. The van der Waals surface area contributed by atoms with Crippen LogP contribution in [0.4, 0.5) is 5.69 Å². The number of hydrogen-bond acceptors (Lipinski definition) is 3. The van der Waals surface area contributed by atoms with E-state index in [0.29, 0.717) is 0 Å². The first-order valence-corrected chi connectivity index (χ1v) is 6.91. The zero-order valence-corrected chi connectivity index (χ0v) is 11.0. The maximum absolute atomic E-state index is 5.84. The van der Waals surface area contributed by atoms with Gasteiger partial charge in [-0.3, -0.25) is 0 Å². The number of rotatable bonds is 7. The summed E-state index contributed by atoms with van der Waals surface area (Å²) in [5.74, 6) is 2.04. The summed E-state index contributed by atoms with van der Waals surface area (Å²) in [5.41, 5.74) is 6.63. The van der Waals surface area contributed by atoms with E-state index in [9.17, 15) is 0 Å². The van der Waals surface area contributed by atoms with E-state index in [0.717, 1.165) is 30.2 Å². The Kier molecular flexibility index (Phi) is 6.16. The van der Waals surface area contributed by atoms with E-state index >= 15 is 0 Å². The molecule has 0 atom stereocenters. The second kappa shape index (κ2) is 7.44. The lowest BCUT2D eigenvalue weighted by Crippen LogP contribution is -1.96. The Labute approximate surface area is 103 Å². The minimum absolute atomic E-state index is 0.752. The summed E-state index contributed by atoms with van der Waals surface area (Å²) in [7, 11) is 0. The quantitative estimate of drug-likeness (QED) is 0.444. The van der Waals surface area contributed by atoms with Gasteiger partial charge in [0.25, 0.3) is 0 Å². The van der Waals surface area contributed by atoms with Crippen molar-refractivity contribution in [1.29, 1.82) is 0 Å². The maximum atomic E-state index is 5.84. The van der Waals surface area contributed by atoms with Crippen LogP contribution in [-0.2, 0) is 0 Å². The van der Waals surface area contributed by atoms with Crippen LogP contribution in [0.5, 0.6) is 5.75 Å². The first-order valence-electron chi connectivity index (χ1n) is 5.92. The average molecular weight is 239 g/mol. The van der Waals surface area contributed by atoms with Gasteiger partial charge in [-0.2, -0.15) is 0 Å². The number of nitrogens with two attached hydrogens (primary N) is 1. The average Bonchev–Trinajstić information content (AvgIpc) is 2.26. The molecule has 0 aliphatic heterocycles. The summed E-state index contributed by atoms with van der Waals surface area (Å²) in [5, 5.41) is 0. The molecule has 0 bridgehead atoms. The Bertz CT molecular complexity index is 315. The molecule has 2 N–H and O–H groups in total. The molecule has 90 valence electrons. The number of unbranched alkanes of at least 4 members (excludes halogenated alkanes) is 1. The van der Waals surface area contributed by atoms with Gasteiger partial charge in [0.2, 0.25) is 0 Å². The molecule has 3 heteroatoms. The van der Waals surface area contributed by atoms with Crippen molar-refractivity contribution in [3.05, 3.63) is 18.2 Å². The molecule has 0 unspecified atom stereocenters. The highest BCUT2D eigenvalue weighted by molar-refractivity contribution is 7.99. The molecule has 0 amide bonds. The van der Waals surface area contributed by atoms with Crippen LogP contribution in [0.15, 0.2) is 23.1 Å². The summed E-state index contributed by atoms with van der Waals surface area (Å²) in [6, 6.07) is 5.98. The lowest BCUT2D eigenvalue weighted by molar-refractivity contribution is 0.317. The van der Waals surface area contributed by atoms with Gasteiger partial charge in [0, 0.05) is 16.6 Å². The van der Waals surface area contributed by atoms with Crippen molar-refractivity contribution in [2.45, 2.75) is 38.0 Å². The molecule has 0 aromatic heterocycles. The molecule has 1 rings (SSSR count). The predicted molar refractivity (Wildman–Crippen MR) is 72.3 cm³/mol. The number of ether oxygens (including phenoxy) is 1. The van der Waals surface area contributed by atoms with Gasteiger partial charge in [-0.1, -0.05) is 20.3 Å². The molecule has 1 aromatic rings. The van der Waals surface area contributed by atoms with Crippen LogP contribution in [0, 0.1) is 0 Å². The van der Waals surface area contributed by atoms with Crippen LogP contribution in [0.2, 0.25) is 0 Å². The molecular formula is C13H21NOS. The Morgan fingerprint density at radius 2 is 2.00 bits per heavy atom. The van der Waals surface area contributed by atoms with Crippen molar-refractivity contribution in [1.82, 2.24) is 0 Å². The van der Waals surface area contributed by atoms with Gasteiger partial charge in [0.05, 0.1) is 6.61 Å². The third-order valence-corrected chi connectivity index (χ3v) is 3.20. The van der Waals surface area contributed by atoms with E-state index in [4.69, 9.17) is 10.5 Å². The highest BCUT2D eigenvalue weighted by Crippen LogP contribution is 2.27. The van der Waals surface area contributed by atoms with Crippen molar-refractivity contribution < 1.29 is 4.74 Å². The largest absolute Gasteiger partial charge is 0.493 e. The van der Waals surface area contributed by atoms with Gasteiger partial charge in [-0.25, -0.2) is 0 Å². The first kappa shape index (κ1) is 13.2.